The van der Waals surface area contributed by atoms with Crippen molar-refractivity contribution >= 4 is 38.6 Å². The Labute approximate surface area is 130 Å². The number of nitrogens with zero attached hydrogens (tertiary/aromatic N) is 1. The lowest BCUT2D eigenvalue weighted by Gasteiger charge is -2.35. The van der Waals surface area contributed by atoms with Gasteiger partial charge in [0, 0.05) is 13.1 Å². The smallest absolute Gasteiger partial charge is 0.252 e. The normalized spacial score (nSPS) is 23.9. The van der Waals surface area contributed by atoms with Crippen molar-refractivity contribution in [3.63, 3.8) is 0 Å². The predicted molar refractivity (Wildman–Crippen MR) is 86.6 cm³/mol. The summed E-state index contributed by atoms with van der Waals surface area (Å²) in [6.45, 7) is 2.13. The van der Waals surface area contributed by atoms with Gasteiger partial charge in [0.1, 0.15) is 9.20 Å². The van der Waals surface area contributed by atoms with Crippen LogP contribution in [0, 0.1) is 5.92 Å². The first-order valence-corrected chi connectivity index (χ1v) is 9.38. The van der Waals surface area contributed by atoms with E-state index < -0.39 is 10.0 Å². The van der Waals surface area contributed by atoms with Crippen LogP contribution < -0.4 is 5.73 Å². The molecule has 1 saturated carbocycles. The molecule has 2 rings (SSSR count). The van der Waals surface area contributed by atoms with Crippen LogP contribution in [0.4, 0.5) is 0 Å². The fourth-order valence-electron chi connectivity index (χ4n) is 2.75. The molecule has 4 nitrogen and oxygen atoms in total. The fraction of sp³-hybridized carbons (Fsp3) is 0.615. The van der Waals surface area contributed by atoms with Gasteiger partial charge in [-0.2, -0.15) is 4.31 Å². The van der Waals surface area contributed by atoms with Crippen LogP contribution in [0.1, 0.15) is 37.5 Å². The van der Waals surface area contributed by atoms with Gasteiger partial charge in [-0.05, 0) is 30.9 Å². The van der Waals surface area contributed by atoms with Gasteiger partial charge in [-0.3, -0.25) is 0 Å². The van der Waals surface area contributed by atoms with Crippen LogP contribution in [-0.4, -0.2) is 30.8 Å². The van der Waals surface area contributed by atoms with E-state index in [1.54, 1.807) is 19.2 Å². The highest BCUT2D eigenvalue weighted by molar-refractivity contribution is 7.91. The summed E-state index contributed by atoms with van der Waals surface area (Å²) in [5.41, 5.74) is 5.54. The van der Waals surface area contributed by atoms with E-state index in [1.165, 1.54) is 10.7 Å². The van der Waals surface area contributed by atoms with Gasteiger partial charge < -0.3 is 5.73 Å². The molecule has 2 atom stereocenters. The minimum absolute atomic E-state index is 0.0872. The van der Waals surface area contributed by atoms with Crippen molar-refractivity contribution in [3.05, 3.63) is 17.0 Å². The zero-order chi connectivity index (χ0) is 14.9. The Bertz CT molecular complexity index is 595. The number of nitrogens with two attached hydrogens (primary N) is 1. The monoisotopic (exact) mass is 332 g/mol. The van der Waals surface area contributed by atoms with Gasteiger partial charge in [-0.1, -0.05) is 32.0 Å². The summed E-state index contributed by atoms with van der Waals surface area (Å²) in [7, 11) is -1.77. The predicted octanol–water partition coefficient (Wildman–Crippen LogP) is 2.58. The van der Waals surface area contributed by atoms with Gasteiger partial charge in [0.15, 0.2) is 0 Å². The molecular weight excluding hydrogens is 312 g/mol. The van der Waals surface area contributed by atoms with Crippen molar-refractivity contribution in [2.75, 3.05) is 7.05 Å². The summed E-state index contributed by atoms with van der Waals surface area (Å²) < 4.78 is 27.2. The summed E-state index contributed by atoms with van der Waals surface area (Å²) in [6, 6.07) is 3.36. The summed E-state index contributed by atoms with van der Waals surface area (Å²) >= 11 is 6.03. The molecule has 7 heteroatoms. The number of rotatable bonds is 4. The van der Waals surface area contributed by atoms with Crippen LogP contribution in [0.3, 0.4) is 0 Å². The highest BCUT2D eigenvalue weighted by Crippen LogP contribution is 2.32. The molecule has 0 radical (unpaired) electrons. The molecule has 1 fully saturated rings. The van der Waals surface area contributed by atoms with Gasteiger partial charge in [0.05, 0.1) is 4.88 Å². The molecule has 0 amide bonds. The molecule has 112 valence electrons. The number of hydrogen-bond acceptors (Lipinski definition) is 4. The van der Waals surface area contributed by atoms with Crippen LogP contribution in [-0.2, 0) is 10.0 Å². The average molecular weight is 333 g/mol. The SMILES string of the molecule is CC1CCCCC1N(C)S(=O)(=O)c1ccc(C(N)=S)s1. The largest absolute Gasteiger partial charge is 0.389 e. The first kappa shape index (κ1) is 15.9. The molecule has 1 aliphatic rings. The standard InChI is InChI=1S/C13H20N2O2S3/c1-9-5-3-4-6-10(9)15(2)20(16,17)12-8-7-11(19-12)13(14)18/h7-10H,3-6H2,1-2H3,(H2,14,18). The molecular formula is C13H20N2O2S3. The minimum Gasteiger partial charge on any atom is -0.389 e. The molecule has 0 aliphatic heterocycles. The van der Waals surface area contributed by atoms with Crippen LogP contribution in [0.2, 0.25) is 0 Å². The highest BCUT2D eigenvalue weighted by atomic mass is 32.2. The lowest BCUT2D eigenvalue weighted by Crippen LogP contribution is -2.42. The first-order valence-electron chi connectivity index (χ1n) is 6.71. The molecule has 2 N–H and O–H groups in total. The average Bonchev–Trinajstić information content (AvgIpc) is 2.89. The summed E-state index contributed by atoms with van der Waals surface area (Å²) in [4.78, 5) is 0.883. The lowest BCUT2D eigenvalue weighted by atomic mass is 9.86. The molecule has 0 saturated heterocycles. The third-order valence-corrected chi connectivity index (χ3v) is 7.81. The topological polar surface area (TPSA) is 63.4 Å². The zero-order valence-electron chi connectivity index (χ0n) is 11.7. The summed E-state index contributed by atoms with van der Waals surface area (Å²) in [6.07, 6.45) is 4.31. The highest BCUT2D eigenvalue weighted by Gasteiger charge is 2.33. The molecule has 2 unspecified atom stereocenters. The Morgan fingerprint density at radius 2 is 2.05 bits per heavy atom. The maximum absolute atomic E-state index is 12.7. The molecule has 0 bridgehead atoms. The molecule has 1 aromatic heterocycles. The van der Waals surface area contributed by atoms with Crippen molar-refractivity contribution in [2.24, 2.45) is 11.7 Å². The van der Waals surface area contributed by atoms with Gasteiger partial charge in [-0.25, -0.2) is 8.42 Å². The van der Waals surface area contributed by atoms with E-state index >= 15 is 0 Å². The molecule has 1 aromatic rings. The quantitative estimate of drug-likeness (QED) is 0.861. The van der Waals surface area contributed by atoms with E-state index in [1.807, 2.05) is 0 Å². The molecule has 20 heavy (non-hydrogen) atoms. The molecule has 0 spiro atoms. The second kappa shape index (κ2) is 6.09. The fourth-order valence-corrected chi connectivity index (χ4v) is 5.77. The second-order valence-electron chi connectivity index (χ2n) is 5.33. The van der Waals surface area contributed by atoms with Crippen molar-refractivity contribution in [3.8, 4) is 0 Å². The maximum Gasteiger partial charge on any atom is 0.252 e. The molecule has 1 heterocycles. The first-order chi connectivity index (χ1) is 9.34. The zero-order valence-corrected chi connectivity index (χ0v) is 14.2. The maximum atomic E-state index is 12.7. The van der Waals surface area contributed by atoms with Gasteiger partial charge in [0.25, 0.3) is 10.0 Å². The summed E-state index contributed by atoms with van der Waals surface area (Å²) in [5.74, 6) is 0.401. The Morgan fingerprint density at radius 1 is 1.40 bits per heavy atom. The Balaban J connectivity index is 2.26. The Hall–Kier alpha value is -0.500. The van der Waals surface area contributed by atoms with Crippen LogP contribution in [0.5, 0.6) is 0 Å². The van der Waals surface area contributed by atoms with E-state index in [2.05, 4.69) is 6.92 Å². The van der Waals surface area contributed by atoms with Crippen LogP contribution in [0.25, 0.3) is 0 Å². The number of sulfonamides is 1. The van der Waals surface area contributed by atoms with Gasteiger partial charge in [0.2, 0.25) is 0 Å². The lowest BCUT2D eigenvalue weighted by molar-refractivity contribution is 0.213. The minimum atomic E-state index is -3.45. The Morgan fingerprint density at radius 3 is 2.60 bits per heavy atom. The van der Waals surface area contributed by atoms with Gasteiger partial charge >= 0.3 is 0 Å². The number of thiocarbonyl (C=S) groups is 1. The van der Waals surface area contributed by atoms with Crippen molar-refractivity contribution in [1.82, 2.24) is 4.31 Å². The van der Waals surface area contributed by atoms with E-state index in [-0.39, 0.29) is 11.0 Å². The van der Waals surface area contributed by atoms with E-state index in [4.69, 9.17) is 18.0 Å². The molecule has 0 aromatic carbocycles. The molecule has 1 aliphatic carbocycles. The number of hydrogen-bond donors (Lipinski definition) is 1. The van der Waals surface area contributed by atoms with E-state index in [0.717, 1.165) is 30.6 Å². The van der Waals surface area contributed by atoms with Crippen LogP contribution >= 0.6 is 23.6 Å². The Kier molecular flexibility index (Phi) is 4.84. The van der Waals surface area contributed by atoms with Gasteiger partial charge in [-0.15, -0.1) is 11.3 Å². The van der Waals surface area contributed by atoms with E-state index in [0.29, 0.717) is 15.0 Å². The van der Waals surface area contributed by atoms with Crippen molar-refractivity contribution in [2.45, 2.75) is 42.9 Å². The second-order valence-corrected chi connectivity index (χ2v) is 9.08. The van der Waals surface area contributed by atoms with E-state index in [9.17, 15) is 8.42 Å². The third kappa shape index (κ3) is 3.05. The van der Waals surface area contributed by atoms with Crippen molar-refractivity contribution < 1.29 is 8.42 Å². The third-order valence-electron chi connectivity index (χ3n) is 3.99. The number of thiophene rings is 1. The van der Waals surface area contributed by atoms with Crippen LogP contribution in [0.15, 0.2) is 16.3 Å². The van der Waals surface area contributed by atoms with Crippen molar-refractivity contribution in [1.29, 1.82) is 0 Å². The summed E-state index contributed by atoms with van der Waals surface area (Å²) in [5, 5.41) is 0.